The van der Waals surface area contributed by atoms with E-state index in [9.17, 15) is 9.90 Å². The zero-order chi connectivity index (χ0) is 14.9. The van der Waals surface area contributed by atoms with Gasteiger partial charge in [0.05, 0.1) is 22.2 Å². The maximum absolute atomic E-state index is 12.2. The molecule has 0 radical (unpaired) electrons. The molecule has 1 aromatic rings. The average Bonchev–Trinajstić information content (AvgIpc) is 2.66. The molecule has 0 amide bonds. The number of methoxy groups -OCH3 is 1. The summed E-state index contributed by atoms with van der Waals surface area (Å²) in [4.78, 5) is 12.2. The van der Waals surface area contributed by atoms with Crippen LogP contribution >= 0.6 is 34.8 Å². The first-order chi connectivity index (χ1) is 9.43. The molecule has 0 spiro atoms. The molecule has 20 heavy (non-hydrogen) atoms. The van der Waals surface area contributed by atoms with E-state index < -0.39 is 12.4 Å². The lowest BCUT2D eigenvalue weighted by Gasteiger charge is -2.11. The second kappa shape index (κ2) is 6.33. The average molecular weight is 338 g/mol. The monoisotopic (exact) mass is 336 g/mol. The van der Waals surface area contributed by atoms with E-state index in [1.807, 2.05) is 0 Å². The van der Waals surface area contributed by atoms with Gasteiger partial charge in [0.25, 0.3) is 0 Å². The van der Waals surface area contributed by atoms with Crippen LogP contribution < -0.4 is 4.74 Å². The van der Waals surface area contributed by atoms with Crippen LogP contribution in [0.2, 0.25) is 5.02 Å². The Bertz CT molecular complexity index is 571. The predicted octanol–water partition coefficient (Wildman–Crippen LogP) is 3.33. The molecule has 1 aliphatic rings. The van der Waals surface area contributed by atoms with Gasteiger partial charge in [-0.25, -0.2) is 0 Å². The highest BCUT2D eigenvalue weighted by Gasteiger charge is 2.33. The molecule has 0 fully saturated rings. The summed E-state index contributed by atoms with van der Waals surface area (Å²) in [5.74, 6) is 0.186. The molecule has 0 saturated heterocycles. The first kappa shape index (κ1) is 15.6. The van der Waals surface area contributed by atoms with Crippen molar-refractivity contribution < 1.29 is 19.4 Å². The molecule has 0 saturated carbocycles. The van der Waals surface area contributed by atoms with Crippen molar-refractivity contribution in [1.29, 1.82) is 0 Å². The molecule has 1 aromatic carbocycles. The molecule has 2 atom stereocenters. The Labute approximate surface area is 130 Å². The molecule has 1 aliphatic heterocycles. The lowest BCUT2D eigenvalue weighted by Crippen LogP contribution is -2.17. The molecule has 0 bridgehead atoms. The van der Waals surface area contributed by atoms with E-state index in [2.05, 4.69) is 0 Å². The summed E-state index contributed by atoms with van der Waals surface area (Å²) in [6.07, 6.45) is -2.05. The third-order valence-electron chi connectivity index (χ3n) is 2.86. The number of hydrogen-bond acceptors (Lipinski definition) is 4. The molecular weight excluding hydrogens is 326 g/mol. The predicted molar refractivity (Wildman–Crippen MR) is 76.6 cm³/mol. The number of ketones is 1. The zero-order valence-electron chi connectivity index (χ0n) is 10.4. The maximum Gasteiger partial charge on any atom is 0.193 e. The fourth-order valence-corrected chi connectivity index (χ4v) is 2.39. The number of aliphatic hydroxyl groups is 1. The zero-order valence-corrected chi connectivity index (χ0v) is 12.7. The van der Waals surface area contributed by atoms with Crippen LogP contribution in [0.25, 0.3) is 0 Å². The van der Waals surface area contributed by atoms with Crippen molar-refractivity contribution in [2.24, 2.45) is 0 Å². The summed E-state index contributed by atoms with van der Waals surface area (Å²) in [5, 5.41) is 9.97. The van der Waals surface area contributed by atoms with Crippen molar-refractivity contribution in [1.82, 2.24) is 0 Å². The highest BCUT2D eigenvalue weighted by atomic mass is 35.5. The van der Waals surface area contributed by atoms with E-state index in [1.54, 1.807) is 12.1 Å². The van der Waals surface area contributed by atoms with Gasteiger partial charge in [-0.2, -0.15) is 0 Å². The highest BCUT2D eigenvalue weighted by Crippen LogP contribution is 2.34. The van der Waals surface area contributed by atoms with Crippen LogP contribution in [0.15, 0.2) is 28.3 Å². The molecule has 0 aromatic heterocycles. The van der Waals surface area contributed by atoms with E-state index in [1.165, 1.54) is 13.2 Å². The summed E-state index contributed by atoms with van der Waals surface area (Å²) >= 11 is 17.5. The van der Waals surface area contributed by atoms with Gasteiger partial charge in [-0.05, 0) is 18.2 Å². The number of Topliss-reactive ketones (excluding diaryl/α,β-unsaturated/α-hetero) is 1. The molecule has 1 N–H and O–H groups in total. The molecule has 0 aliphatic carbocycles. The van der Waals surface area contributed by atoms with Gasteiger partial charge in [0.1, 0.15) is 11.9 Å². The van der Waals surface area contributed by atoms with Gasteiger partial charge in [0.15, 0.2) is 12.1 Å². The minimum atomic E-state index is -1.28. The summed E-state index contributed by atoms with van der Waals surface area (Å²) in [5.41, 5.74) is 0.414. The molecule has 2 rings (SSSR count). The summed E-state index contributed by atoms with van der Waals surface area (Å²) < 4.78 is 10.1. The number of rotatable bonds is 4. The molecule has 7 heteroatoms. The van der Waals surface area contributed by atoms with Gasteiger partial charge < -0.3 is 14.6 Å². The van der Waals surface area contributed by atoms with Gasteiger partial charge in [-0.3, -0.25) is 4.79 Å². The Balaban J connectivity index is 2.14. The first-order valence-corrected chi connectivity index (χ1v) is 6.82. The van der Waals surface area contributed by atoms with E-state index in [-0.39, 0.29) is 22.3 Å². The van der Waals surface area contributed by atoms with Gasteiger partial charge in [0, 0.05) is 12.0 Å². The van der Waals surface area contributed by atoms with Crippen molar-refractivity contribution in [3.8, 4) is 5.75 Å². The fourth-order valence-electron chi connectivity index (χ4n) is 1.80. The van der Waals surface area contributed by atoms with Crippen LogP contribution in [-0.4, -0.2) is 30.4 Å². The smallest absolute Gasteiger partial charge is 0.193 e. The second-order valence-electron chi connectivity index (χ2n) is 4.15. The Morgan fingerprint density at radius 2 is 2.05 bits per heavy atom. The number of hydrogen-bond donors (Lipinski definition) is 1. The van der Waals surface area contributed by atoms with Crippen molar-refractivity contribution in [3.63, 3.8) is 0 Å². The molecule has 108 valence electrons. The number of halogens is 3. The van der Waals surface area contributed by atoms with E-state index in [4.69, 9.17) is 44.3 Å². The summed E-state index contributed by atoms with van der Waals surface area (Å²) in [6, 6.07) is 4.69. The normalized spacial score (nSPS) is 22.2. The molecule has 0 unspecified atom stereocenters. The van der Waals surface area contributed by atoms with Gasteiger partial charge in [0.2, 0.25) is 0 Å². The van der Waals surface area contributed by atoms with Crippen LogP contribution in [0.1, 0.15) is 16.8 Å². The quantitative estimate of drug-likeness (QED) is 0.856. The number of carbonyl (C=O) groups is 1. The van der Waals surface area contributed by atoms with Crippen LogP contribution in [0, 0.1) is 0 Å². The molecule has 4 nitrogen and oxygen atoms in total. The fraction of sp³-hybridized carbons (Fsp3) is 0.308. The second-order valence-corrected chi connectivity index (χ2v) is 5.37. The van der Waals surface area contributed by atoms with Crippen molar-refractivity contribution in [2.45, 2.75) is 18.8 Å². The van der Waals surface area contributed by atoms with E-state index >= 15 is 0 Å². The minimum Gasteiger partial charge on any atom is -0.495 e. The summed E-state index contributed by atoms with van der Waals surface area (Å²) in [7, 11) is 1.46. The maximum atomic E-state index is 12.2. The Hall–Kier alpha value is -0.780. The van der Waals surface area contributed by atoms with Crippen molar-refractivity contribution in [3.05, 3.63) is 38.8 Å². The number of ether oxygens (including phenoxy) is 2. The molecular formula is C13H11Cl3O4. The number of aliphatic hydroxyl groups excluding tert-OH is 1. The number of carbonyl (C=O) groups excluding carboxylic acids is 1. The number of benzene rings is 1. The van der Waals surface area contributed by atoms with Crippen molar-refractivity contribution in [2.75, 3.05) is 7.11 Å². The third-order valence-corrected chi connectivity index (χ3v) is 4.11. The lowest BCUT2D eigenvalue weighted by atomic mass is 10.0. The van der Waals surface area contributed by atoms with E-state index in [0.29, 0.717) is 16.3 Å². The Morgan fingerprint density at radius 3 is 2.60 bits per heavy atom. The Kier molecular flexibility index (Phi) is 4.94. The first-order valence-electron chi connectivity index (χ1n) is 5.69. The largest absolute Gasteiger partial charge is 0.495 e. The van der Waals surface area contributed by atoms with Crippen LogP contribution in [0.5, 0.6) is 5.75 Å². The SMILES string of the molecule is COc1cc(C(=O)C[C@H]2O[C@H](O)C(Cl)=C2Cl)ccc1Cl. The topological polar surface area (TPSA) is 55.8 Å². The molecule has 1 heterocycles. The van der Waals surface area contributed by atoms with Crippen LogP contribution in [0.3, 0.4) is 0 Å². The lowest BCUT2D eigenvalue weighted by molar-refractivity contribution is -0.0755. The van der Waals surface area contributed by atoms with Crippen LogP contribution in [-0.2, 0) is 4.74 Å². The van der Waals surface area contributed by atoms with Gasteiger partial charge in [-0.1, -0.05) is 34.8 Å². The highest BCUT2D eigenvalue weighted by molar-refractivity contribution is 6.40. The minimum absolute atomic E-state index is 0.0122. The summed E-state index contributed by atoms with van der Waals surface area (Å²) in [6.45, 7) is 0. The standard InChI is InChI=1S/C13H11Cl3O4/c1-19-9-4-6(2-3-7(9)14)8(17)5-10-11(15)12(16)13(18)20-10/h2-4,10,13,18H,5H2,1H3/t10-,13+/m1/s1. The van der Waals surface area contributed by atoms with Gasteiger partial charge >= 0.3 is 0 Å². The third kappa shape index (κ3) is 3.10. The Morgan fingerprint density at radius 1 is 1.35 bits per heavy atom. The van der Waals surface area contributed by atoms with E-state index in [0.717, 1.165) is 0 Å². The van der Waals surface area contributed by atoms with Gasteiger partial charge in [-0.15, -0.1) is 0 Å². The van der Waals surface area contributed by atoms with Crippen LogP contribution in [0.4, 0.5) is 0 Å². The van der Waals surface area contributed by atoms with Crippen molar-refractivity contribution >= 4 is 40.6 Å².